The Morgan fingerprint density at radius 1 is 1.30 bits per heavy atom. The van der Waals surface area contributed by atoms with Gasteiger partial charge in [-0.2, -0.15) is 0 Å². The van der Waals surface area contributed by atoms with Crippen molar-refractivity contribution in [2.24, 2.45) is 11.3 Å². The zero-order chi connectivity index (χ0) is 19.4. The van der Waals surface area contributed by atoms with Crippen molar-refractivity contribution in [1.29, 1.82) is 0 Å². The number of aromatic nitrogens is 2. The minimum Gasteiger partial charge on any atom is -0.481 e. The van der Waals surface area contributed by atoms with Gasteiger partial charge in [0.25, 0.3) is 0 Å². The second kappa shape index (κ2) is 7.86. The second-order valence-corrected chi connectivity index (χ2v) is 7.32. The molecule has 3 atom stereocenters. The molecule has 0 radical (unpaired) electrons. The van der Waals surface area contributed by atoms with Gasteiger partial charge >= 0.3 is 5.97 Å². The average Bonchev–Trinajstić information content (AvgIpc) is 2.70. The van der Waals surface area contributed by atoms with Crippen molar-refractivity contribution >= 4 is 12.3 Å². The molecule has 0 amide bonds. The van der Waals surface area contributed by atoms with Gasteiger partial charge in [0.1, 0.15) is 6.10 Å². The van der Waals surface area contributed by atoms with Crippen LogP contribution in [0.25, 0.3) is 11.3 Å². The molecule has 0 aliphatic heterocycles. The van der Waals surface area contributed by atoms with Gasteiger partial charge in [-0.3, -0.25) is 14.6 Å². The highest BCUT2D eigenvalue weighted by Crippen LogP contribution is 2.44. The Hall–Kier alpha value is -2.76. The molecule has 2 aromatic heterocycles. The van der Waals surface area contributed by atoms with E-state index in [1.165, 1.54) is 6.20 Å². The molecule has 1 fully saturated rings. The van der Waals surface area contributed by atoms with Crippen LogP contribution in [0.15, 0.2) is 36.7 Å². The van der Waals surface area contributed by atoms with Crippen LogP contribution < -0.4 is 4.74 Å². The van der Waals surface area contributed by atoms with Gasteiger partial charge in [0.15, 0.2) is 6.29 Å². The molecule has 142 valence electrons. The van der Waals surface area contributed by atoms with E-state index in [0.29, 0.717) is 24.3 Å². The van der Waals surface area contributed by atoms with E-state index in [2.05, 4.69) is 9.97 Å². The van der Waals surface area contributed by atoms with E-state index in [1.54, 1.807) is 24.4 Å². The van der Waals surface area contributed by atoms with Crippen molar-refractivity contribution in [1.82, 2.24) is 9.97 Å². The molecule has 6 heteroatoms. The molecule has 2 heterocycles. The molecular weight excluding hydrogens is 344 g/mol. The van der Waals surface area contributed by atoms with Crippen LogP contribution in [-0.2, 0) is 4.79 Å². The van der Waals surface area contributed by atoms with Gasteiger partial charge in [0.2, 0.25) is 5.88 Å². The molecule has 1 aliphatic rings. The van der Waals surface area contributed by atoms with Crippen molar-refractivity contribution in [2.75, 3.05) is 0 Å². The quantitative estimate of drug-likeness (QED) is 0.775. The Labute approximate surface area is 158 Å². The number of carbonyl (C=O) groups is 2. The molecule has 1 saturated carbocycles. The van der Waals surface area contributed by atoms with Gasteiger partial charge in [0.05, 0.1) is 11.1 Å². The molecule has 0 aromatic carbocycles. The predicted octanol–water partition coefficient (Wildman–Crippen LogP) is 4.00. The summed E-state index contributed by atoms with van der Waals surface area (Å²) in [6, 6.07) is 7.18. The number of ether oxygens (including phenoxy) is 1. The molecule has 1 N–H and O–H groups in total. The van der Waals surface area contributed by atoms with E-state index in [4.69, 9.17) is 4.74 Å². The van der Waals surface area contributed by atoms with Crippen molar-refractivity contribution in [3.63, 3.8) is 0 Å². The molecule has 27 heavy (non-hydrogen) atoms. The lowest BCUT2D eigenvalue weighted by Gasteiger charge is -2.40. The largest absolute Gasteiger partial charge is 0.481 e. The first kappa shape index (κ1) is 19.0. The lowest BCUT2D eigenvalue weighted by atomic mass is 9.65. The normalized spacial score (nSPS) is 25.0. The smallest absolute Gasteiger partial charge is 0.309 e. The molecule has 2 aromatic rings. The van der Waals surface area contributed by atoms with Gasteiger partial charge < -0.3 is 9.84 Å². The monoisotopic (exact) mass is 368 g/mol. The molecule has 0 bridgehead atoms. The summed E-state index contributed by atoms with van der Waals surface area (Å²) >= 11 is 0. The Morgan fingerprint density at radius 3 is 2.67 bits per heavy atom. The van der Waals surface area contributed by atoms with Crippen LogP contribution in [0.2, 0.25) is 0 Å². The predicted molar refractivity (Wildman–Crippen MR) is 101 cm³/mol. The SMILES string of the molecule is CCC1CC(Oc2ccc(-c3ccc(C=O)cn3)cn2)CCC1(C)C(=O)O. The highest BCUT2D eigenvalue weighted by molar-refractivity contribution is 5.75. The summed E-state index contributed by atoms with van der Waals surface area (Å²) in [5, 5.41) is 9.57. The number of carboxylic acids is 1. The number of nitrogens with zero attached hydrogens (tertiary/aromatic N) is 2. The van der Waals surface area contributed by atoms with Crippen LogP contribution in [0.3, 0.4) is 0 Å². The maximum absolute atomic E-state index is 11.6. The third-order valence-electron chi connectivity index (χ3n) is 5.66. The summed E-state index contributed by atoms with van der Waals surface area (Å²) in [5.74, 6) is -0.0982. The molecule has 6 nitrogen and oxygen atoms in total. The van der Waals surface area contributed by atoms with Gasteiger partial charge in [-0.25, -0.2) is 4.98 Å². The Balaban J connectivity index is 1.66. The topological polar surface area (TPSA) is 89.4 Å². The zero-order valence-electron chi connectivity index (χ0n) is 15.6. The number of hydrogen-bond donors (Lipinski definition) is 1. The Bertz CT molecular complexity index is 804. The fraction of sp³-hybridized carbons (Fsp3) is 0.429. The highest BCUT2D eigenvalue weighted by Gasteiger charge is 2.45. The van der Waals surface area contributed by atoms with Gasteiger partial charge in [0, 0.05) is 29.6 Å². The van der Waals surface area contributed by atoms with Crippen LogP contribution in [0, 0.1) is 11.3 Å². The summed E-state index contributed by atoms with van der Waals surface area (Å²) in [5.41, 5.74) is 1.43. The lowest BCUT2D eigenvalue weighted by molar-refractivity contribution is -0.155. The first-order valence-corrected chi connectivity index (χ1v) is 9.24. The van der Waals surface area contributed by atoms with Crippen molar-refractivity contribution in [2.45, 2.75) is 45.6 Å². The summed E-state index contributed by atoms with van der Waals surface area (Å²) in [7, 11) is 0. The van der Waals surface area contributed by atoms with Crippen molar-refractivity contribution in [3.8, 4) is 17.1 Å². The second-order valence-electron chi connectivity index (χ2n) is 7.32. The number of aliphatic carboxylic acids is 1. The van der Waals surface area contributed by atoms with Gasteiger partial charge in [-0.1, -0.05) is 13.3 Å². The molecule has 3 rings (SSSR count). The van der Waals surface area contributed by atoms with Crippen LogP contribution >= 0.6 is 0 Å². The highest BCUT2D eigenvalue weighted by atomic mass is 16.5. The average molecular weight is 368 g/mol. The summed E-state index contributed by atoms with van der Waals surface area (Å²) < 4.78 is 6.02. The summed E-state index contributed by atoms with van der Waals surface area (Å²) in [4.78, 5) is 31.0. The van der Waals surface area contributed by atoms with Crippen LogP contribution in [-0.4, -0.2) is 33.4 Å². The fourth-order valence-electron chi connectivity index (χ4n) is 3.78. The lowest BCUT2D eigenvalue weighted by Crippen LogP contribution is -2.43. The van der Waals surface area contributed by atoms with Crippen LogP contribution in [0.5, 0.6) is 5.88 Å². The third-order valence-corrected chi connectivity index (χ3v) is 5.66. The van der Waals surface area contributed by atoms with Crippen LogP contribution in [0.4, 0.5) is 0 Å². The Morgan fingerprint density at radius 2 is 2.11 bits per heavy atom. The minimum atomic E-state index is -0.719. The zero-order valence-corrected chi connectivity index (χ0v) is 15.6. The van der Waals surface area contributed by atoms with E-state index < -0.39 is 11.4 Å². The van der Waals surface area contributed by atoms with E-state index in [0.717, 1.165) is 30.4 Å². The maximum atomic E-state index is 11.6. The van der Waals surface area contributed by atoms with E-state index in [1.807, 2.05) is 19.9 Å². The number of pyridine rings is 2. The van der Waals surface area contributed by atoms with Gasteiger partial charge in [-0.15, -0.1) is 0 Å². The van der Waals surface area contributed by atoms with Gasteiger partial charge in [-0.05, 0) is 50.3 Å². The summed E-state index contributed by atoms with van der Waals surface area (Å²) in [6.45, 7) is 3.87. The fourth-order valence-corrected chi connectivity index (χ4v) is 3.78. The van der Waals surface area contributed by atoms with E-state index >= 15 is 0 Å². The molecule has 3 unspecified atom stereocenters. The van der Waals surface area contributed by atoms with Crippen molar-refractivity contribution < 1.29 is 19.4 Å². The summed E-state index contributed by atoms with van der Waals surface area (Å²) in [6.07, 6.45) is 6.81. The maximum Gasteiger partial charge on any atom is 0.309 e. The molecule has 1 aliphatic carbocycles. The van der Waals surface area contributed by atoms with E-state index in [9.17, 15) is 14.7 Å². The number of rotatable bonds is 6. The van der Waals surface area contributed by atoms with E-state index in [-0.39, 0.29) is 12.0 Å². The van der Waals surface area contributed by atoms with Crippen LogP contribution in [0.1, 0.15) is 49.9 Å². The Kier molecular flexibility index (Phi) is 5.54. The minimum absolute atomic E-state index is 0.0225. The van der Waals surface area contributed by atoms with Crippen molar-refractivity contribution in [3.05, 3.63) is 42.2 Å². The molecule has 0 spiro atoms. The first-order valence-electron chi connectivity index (χ1n) is 9.24. The standard InChI is InChI=1S/C21H24N2O4/c1-3-16-10-17(8-9-21(16,2)20(25)26)27-19-7-5-15(12-23-19)18-6-4-14(13-24)11-22-18/h4-7,11-13,16-17H,3,8-10H2,1-2H3,(H,25,26). The molecule has 0 saturated heterocycles. The molecular formula is C21H24N2O4. The number of carbonyl (C=O) groups excluding carboxylic acids is 1. The first-order chi connectivity index (χ1) is 13.0. The number of aldehydes is 1. The number of carboxylic acid groups (broad SMARTS) is 1. The number of hydrogen-bond acceptors (Lipinski definition) is 5. The third kappa shape index (κ3) is 3.99.